The Hall–Kier alpha value is -1.41. The predicted octanol–water partition coefficient (Wildman–Crippen LogP) is 1.91. The smallest absolute Gasteiger partial charge is 0.138 e. The topological polar surface area (TPSA) is 32.5 Å². The van der Waals surface area contributed by atoms with E-state index in [1.165, 1.54) is 6.07 Å². The van der Waals surface area contributed by atoms with Crippen molar-refractivity contribution in [2.45, 2.75) is 19.9 Å². The van der Waals surface area contributed by atoms with Crippen molar-refractivity contribution in [3.63, 3.8) is 0 Å². The third-order valence-corrected chi connectivity index (χ3v) is 3.17. The van der Waals surface area contributed by atoms with E-state index in [9.17, 15) is 4.39 Å². The molecule has 1 aromatic carbocycles. The van der Waals surface area contributed by atoms with E-state index in [0.29, 0.717) is 5.56 Å². The first-order valence-electron chi connectivity index (χ1n) is 7.41. The van der Waals surface area contributed by atoms with E-state index in [4.69, 9.17) is 5.73 Å². The molecule has 1 rings (SSSR count). The van der Waals surface area contributed by atoms with Gasteiger partial charge in [-0.15, -0.1) is 0 Å². The summed E-state index contributed by atoms with van der Waals surface area (Å²) < 4.78 is 13.7. The van der Waals surface area contributed by atoms with Gasteiger partial charge < -0.3 is 10.6 Å². The van der Waals surface area contributed by atoms with Gasteiger partial charge in [0, 0.05) is 19.6 Å². The van der Waals surface area contributed by atoms with Crippen molar-refractivity contribution in [1.29, 1.82) is 0 Å². The summed E-state index contributed by atoms with van der Waals surface area (Å²) >= 11 is 0. The van der Waals surface area contributed by atoms with Crippen LogP contribution >= 0.6 is 0 Å². The summed E-state index contributed by atoms with van der Waals surface area (Å²) in [5.41, 5.74) is 6.86. The summed E-state index contributed by atoms with van der Waals surface area (Å²) in [5.74, 6) is 5.22. The second-order valence-corrected chi connectivity index (χ2v) is 5.40. The van der Waals surface area contributed by atoms with E-state index in [2.05, 4.69) is 42.7 Å². The standard InChI is InChI=1S/C17H26FN3/c1-4-10-21(12-11-20(2)3)14-15-7-8-17(18)16(13-15)6-5-9-19/h7-8,13H,4,9-12,14,19H2,1-3H3. The second kappa shape index (κ2) is 9.51. The fraction of sp³-hybridized carbons (Fsp3) is 0.529. The van der Waals surface area contributed by atoms with E-state index < -0.39 is 0 Å². The number of benzene rings is 1. The van der Waals surface area contributed by atoms with Crippen LogP contribution in [-0.2, 0) is 6.54 Å². The predicted molar refractivity (Wildman–Crippen MR) is 86.5 cm³/mol. The minimum Gasteiger partial charge on any atom is -0.320 e. The first kappa shape index (κ1) is 17.6. The number of nitrogens with two attached hydrogens (primary N) is 1. The molecule has 0 aliphatic heterocycles. The highest BCUT2D eigenvalue weighted by Crippen LogP contribution is 2.12. The Bertz CT molecular complexity index is 489. The lowest BCUT2D eigenvalue weighted by Crippen LogP contribution is -2.32. The van der Waals surface area contributed by atoms with Crippen molar-refractivity contribution in [3.8, 4) is 11.8 Å². The number of nitrogens with zero attached hydrogens (tertiary/aromatic N) is 2. The summed E-state index contributed by atoms with van der Waals surface area (Å²) in [5, 5.41) is 0. The van der Waals surface area contributed by atoms with Gasteiger partial charge in [-0.2, -0.15) is 0 Å². The Morgan fingerprint density at radius 2 is 1.95 bits per heavy atom. The number of likely N-dealkylation sites (N-methyl/N-ethyl adjacent to an activating group) is 1. The SMILES string of the molecule is CCCN(CCN(C)C)Cc1ccc(F)c(C#CCN)c1. The van der Waals surface area contributed by atoms with E-state index in [1.54, 1.807) is 0 Å². The lowest BCUT2D eigenvalue weighted by molar-refractivity contribution is 0.234. The number of rotatable bonds is 7. The largest absolute Gasteiger partial charge is 0.320 e. The number of hydrogen-bond donors (Lipinski definition) is 1. The number of halogens is 1. The molecule has 0 radical (unpaired) electrons. The van der Waals surface area contributed by atoms with Gasteiger partial charge in [0.05, 0.1) is 12.1 Å². The lowest BCUT2D eigenvalue weighted by Gasteiger charge is -2.23. The van der Waals surface area contributed by atoms with E-state index in [-0.39, 0.29) is 12.4 Å². The van der Waals surface area contributed by atoms with Crippen LogP contribution in [0.2, 0.25) is 0 Å². The molecule has 1 aromatic rings. The summed E-state index contributed by atoms with van der Waals surface area (Å²) in [6, 6.07) is 5.16. The highest BCUT2D eigenvalue weighted by molar-refractivity contribution is 5.38. The van der Waals surface area contributed by atoms with Gasteiger partial charge in [0.15, 0.2) is 0 Å². The molecular weight excluding hydrogens is 265 g/mol. The molecule has 116 valence electrons. The summed E-state index contributed by atoms with van der Waals surface area (Å²) in [6.45, 7) is 6.29. The van der Waals surface area contributed by atoms with Crippen LogP contribution < -0.4 is 5.73 Å². The molecule has 0 spiro atoms. The van der Waals surface area contributed by atoms with Crippen molar-refractivity contribution >= 4 is 0 Å². The maximum atomic E-state index is 13.7. The van der Waals surface area contributed by atoms with Gasteiger partial charge >= 0.3 is 0 Å². The van der Waals surface area contributed by atoms with E-state index >= 15 is 0 Å². The summed E-state index contributed by atoms with van der Waals surface area (Å²) in [4.78, 5) is 4.55. The average Bonchev–Trinajstić information content (AvgIpc) is 2.45. The van der Waals surface area contributed by atoms with Gasteiger partial charge in [-0.05, 0) is 44.8 Å². The van der Waals surface area contributed by atoms with Gasteiger partial charge in [-0.25, -0.2) is 4.39 Å². The molecule has 0 bridgehead atoms. The minimum absolute atomic E-state index is 0.245. The molecule has 0 aliphatic carbocycles. The molecular formula is C17H26FN3. The van der Waals surface area contributed by atoms with Crippen LogP contribution in [0.4, 0.5) is 4.39 Å². The zero-order valence-corrected chi connectivity index (χ0v) is 13.3. The fourth-order valence-corrected chi connectivity index (χ4v) is 2.10. The van der Waals surface area contributed by atoms with Gasteiger partial charge in [0.25, 0.3) is 0 Å². The highest BCUT2D eigenvalue weighted by atomic mass is 19.1. The maximum Gasteiger partial charge on any atom is 0.138 e. The summed E-state index contributed by atoms with van der Waals surface area (Å²) in [7, 11) is 4.14. The molecule has 0 saturated heterocycles. The Morgan fingerprint density at radius 1 is 1.19 bits per heavy atom. The Balaban J connectivity index is 2.78. The molecule has 21 heavy (non-hydrogen) atoms. The van der Waals surface area contributed by atoms with Crippen molar-refractivity contribution in [2.24, 2.45) is 5.73 Å². The normalized spacial score (nSPS) is 10.8. The summed E-state index contributed by atoms with van der Waals surface area (Å²) in [6.07, 6.45) is 1.11. The molecule has 0 saturated carbocycles. The minimum atomic E-state index is -0.282. The molecule has 0 aliphatic rings. The first-order chi connectivity index (χ1) is 10.1. The zero-order chi connectivity index (χ0) is 15.7. The van der Waals surface area contributed by atoms with Crippen LogP contribution in [0, 0.1) is 17.7 Å². The van der Waals surface area contributed by atoms with Crippen LogP contribution in [0.5, 0.6) is 0 Å². The highest BCUT2D eigenvalue weighted by Gasteiger charge is 2.08. The lowest BCUT2D eigenvalue weighted by atomic mass is 10.1. The molecule has 0 atom stereocenters. The van der Waals surface area contributed by atoms with Gasteiger partial charge in [0.1, 0.15) is 5.82 Å². The zero-order valence-electron chi connectivity index (χ0n) is 13.3. The Kier molecular flexibility index (Phi) is 7.99. The Morgan fingerprint density at radius 3 is 2.57 bits per heavy atom. The monoisotopic (exact) mass is 291 g/mol. The molecule has 3 nitrogen and oxygen atoms in total. The molecule has 4 heteroatoms. The average molecular weight is 291 g/mol. The van der Waals surface area contributed by atoms with Gasteiger partial charge in [-0.3, -0.25) is 4.90 Å². The Labute approximate surface area is 127 Å². The van der Waals surface area contributed by atoms with Crippen LogP contribution in [0.1, 0.15) is 24.5 Å². The maximum absolute atomic E-state index is 13.7. The quantitative estimate of drug-likeness (QED) is 0.779. The van der Waals surface area contributed by atoms with Crippen molar-refractivity contribution < 1.29 is 4.39 Å². The molecule has 0 fully saturated rings. The third kappa shape index (κ3) is 6.72. The van der Waals surface area contributed by atoms with Crippen LogP contribution in [0.15, 0.2) is 18.2 Å². The van der Waals surface area contributed by atoms with Crippen LogP contribution in [0.25, 0.3) is 0 Å². The van der Waals surface area contributed by atoms with E-state index in [1.807, 2.05) is 12.1 Å². The van der Waals surface area contributed by atoms with Crippen LogP contribution in [0.3, 0.4) is 0 Å². The van der Waals surface area contributed by atoms with Crippen molar-refractivity contribution in [1.82, 2.24) is 9.80 Å². The fourth-order valence-electron chi connectivity index (χ4n) is 2.10. The van der Waals surface area contributed by atoms with Gasteiger partial charge in [-0.1, -0.05) is 24.8 Å². The third-order valence-electron chi connectivity index (χ3n) is 3.17. The van der Waals surface area contributed by atoms with E-state index in [0.717, 1.165) is 38.2 Å². The number of hydrogen-bond acceptors (Lipinski definition) is 3. The van der Waals surface area contributed by atoms with Crippen molar-refractivity contribution in [3.05, 3.63) is 35.1 Å². The van der Waals surface area contributed by atoms with Crippen LogP contribution in [-0.4, -0.2) is 50.1 Å². The van der Waals surface area contributed by atoms with Crippen molar-refractivity contribution in [2.75, 3.05) is 40.3 Å². The molecule has 2 N–H and O–H groups in total. The second-order valence-electron chi connectivity index (χ2n) is 5.40. The molecule has 0 aromatic heterocycles. The molecule has 0 amide bonds. The first-order valence-corrected chi connectivity index (χ1v) is 7.41. The van der Waals surface area contributed by atoms with Gasteiger partial charge in [0.2, 0.25) is 0 Å². The molecule has 0 heterocycles. The molecule has 0 unspecified atom stereocenters.